The summed E-state index contributed by atoms with van der Waals surface area (Å²) in [6.07, 6.45) is 0.513. The standard InChI is InChI=1S/C25H28FN7O3S/c1-17(34)27-14-21-15-32(25(35)36-21)20-7-8-23(22(26)13-20)31-11-9-19(10-12-31)33-29-24(28-30-33)37-16-18-5-3-2-4-6-18/h2-8,13,19,21H,9-12,14-16H2,1H3,(H,27,34). The predicted molar refractivity (Wildman–Crippen MR) is 137 cm³/mol. The summed E-state index contributed by atoms with van der Waals surface area (Å²) in [7, 11) is 0. The van der Waals surface area contributed by atoms with Crippen LogP contribution in [0.15, 0.2) is 53.7 Å². The van der Waals surface area contributed by atoms with E-state index in [4.69, 9.17) is 4.74 Å². The Labute approximate surface area is 218 Å². The van der Waals surface area contributed by atoms with Gasteiger partial charge in [-0.15, -0.1) is 10.2 Å². The predicted octanol–water partition coefficient (Wildman–Crippen LogP) is 3.41. The molecule has 0 bridgehead atoms. The lowest BCUT2D eigenvalue weighted by Gasteiger charge is -2.33. The summed E-state index contributed by atoms with van der Waals surface area (Å²) in [5.74, 6) is 0.189. The van der Waals surface area contributed by atoms with Gasteiger partial charge < -0.3 is 15.0 Å². The summed E-state index contributed by atoms with van der Waals surface area (Å²) in [4.78, 5) is 28.4. The molecule has 3 aromatic rings. The molecular weight excluding hydrogens is 497 g/mol. The van der Waals surface area contributed by atoms with Crippen LogP contribution in [0.1, 0.15) is 31.4 Å². The van der Waals surface area contributed by atoms with Crippen LogP contribution in [0.25, 0.3) is 0 Å². The molecule has 37 heavy (non-hydrogen) atoms. The number of amides is 2. The van der Waals surface area contributed by atoms with Crippen LogP contribution in [0, 0.1) is 5.82 Å². The quantitative estimate of drug-likeness (QED) is 0.446. The zero-order valence-corrected chi connectivity index (χ0v) is 21.2. The summed E-state index contributed by atoms with van der Waals surface area (Å²) in [6, 6.07) is 15.0. The fraction of sp³-hybridized carbons (Fsp3) is 0.400. The molecule has 1 unspecified atom stereocenters. The maximum Gasteiger partial charge on any atom is 0.414 e. The third-order valence-electron chi connectivity index (χ3n) is 6.45. The Morgan fingerprint density at radius 2 is 1.97 bits per heavy atom. The minimum atomic E-state index is -0.551. The lowest BCUT2D eigenvalue weighted by atomic mass is 10.0. The van der Waals surface area contributed by atoms with Gasteiger partial charge in [0.2, 0.25) is 11.1 Å². The number of benzene rings is 2. The summed E-state index contributed by atoms with van der Waals surface area (Å²) >= 11 is 1.55. The molecule has 2 aliphatic rings. The second-order valence-corrected chi connectivity index (χ2v) is 10.0. The van der Waals surface area contributed by atoms with Crippen molar-refractivity contribution in [3.63, 3.8) is 0 Å². The van der Waals surface area contributed by atoms with Gasteiger partial charge >= 0.3 is 6.09 Å². The number of hydrogen-bond acceptors (Lipinski definition) is 8. The first-order chi connectivity index (χ1) is 18.0. The molecule has 2 aromatic carbocycles. The summed E-state index contributed by atoms with van der Waals surface area (Å²) < 4.78 is 20.4. The van der Waals surface area contributed by atoms with Crippen LogP contribution in [-0.4, -0.2) is 64.5 Å². The SMILES string of the molecule is CC(=O)NCC1CN(c2ccc(N3CCC(n4nnc(SCc5ccccc5)n4)CC3)c(F)c2)C(=O)O1. The van der Waals surface area contributed by atoms with E-state index >= 15 is 4.39 Å². The molecule has 1 N–H and O–H groups in total. The molecule has 1 aromatic heterocycles. The number of halogens is 1. The van der Waals surface area contributed by atoms with Gasteiger partial charge in [-0.3, -0.25) is 9.69 Å². The van der Waals surface area contributed by atoms with Gasteiger partial charge in [-0.05, 0) is 41.8 Å². The highest BCUT2D eigenvalue weighted by Gasteiger charge is 2.33. The molecule has 12 heteroatoms. The van der Waals surface area contributed by atoms with Crippen molar-refractivity contribution >= 4 is 35.1 Å². The van der Waals surface area contributed by atoms with E-state index in [0.29, 0.717) is 29.6 Å². The zero-order valence-electron chi connectivity index (χ0n) is 20.4. The molecule has 0 saturated carbocycles. The van der Waals surface area contributed by atoms with E-state index in [2.05, 4.69) is 32.9 Å². The van der Waals surface area contributed by atoms with Crippen LogP contribution in [-0.2, 0) is 15.3 Å². The Hall–Kier alpha value is -3.67. The molecule has 2 amide bonds. The number of hydrogen-bond donors (Lipinski definition) is 1. The van der Waals surface area contributed by atoms with Crippen LogP contribution >= 0.6 is 11.8 Å². The van der Waals surface area contributed by atoms with Crippen molar-refractivity contribution in [2.45, 2.75) is 42.8 Å². The van der Waals surface area contributed by atoms with Crippen LogP contribution in [0.2, 0.25) is 0 Å². The Morgan fingerprint density at radius 1 is 1.19 bits per heavy atom. The van der Waals surface area contributed by atoms with Crippen LogP contribution in [0.4, 0.5) is 20.6 Å². The number of nitrogens with one attached hydrogen (secondary N) is 1. The molecule has 194 valence electrons. The molecule has 5 rings (SSSR count). The van der Waals surface area contributed by atoms with E-state index in [9.17, 15) is 9.59 Å². The van der Waals surface area contributed by atoms with Crippen molar-refractivity contribution in [3.05, 3.63) is 59.9 Å². The van der Waals surface area contributed by atoms with Crippen molar-refractivity contribution in [1.82, 2.24) is 25.5 Å². The Kier molecular flexibility index (Phi) is 7.54. The average Bonchev–Trinajstić information content (AvgIpc) is 3.53. The summed E-state index contributed by atoms with van der Waals surface area (Å²) in [5, 5.41) is 16.3. The van der Waals surface area contributed by atoms with Gasteiger partial charge in [0.1, 0.15) is 11.9 Å². The number of nitrogens with zero attached hydrogens (tertiary/aromatic N) is 6. The summed E-state index contributed by atoms with van der Waals surface area (Å²) in [5.41, 5.74) is 2.13. The van der Waals surface area contributed by atoms with E-state index in [1.807, 2.05) is 23.1 Å². The number of carbonyl (C=O) groups is 2. The Bertz CT molecular complexity index is 1250. The topological polar surface area (TPSA) is 105 Å². The molecule has 1 atom stereocenters. The Morgan fingerprint density at radius 3 is 2.70 bits per heavy atom. The van der Waals surface area contributed by atoms with Gasteiger partial charge in [0, 0.05) is 25.8 Å². The molecule has 2 fully saturated rings. The van der Waals surface area contributed by atoms with Gasteiger partial charge in [0.15, 0.2) is 0 Å². The van der Waals surface area contributed by atoms with Gasteiger partial charge in [0.05, 0.1) is 30.5 Å². The second-order valence-electron chi connectivity index (χ2n) is 9.07. The zero-order chi connectivity index (χ0) is 25.8. The highest BCUT2D eigenvalue weighted by molar-refractivity contribution is 7.98. The van der Waals surface area contributed by atoms with Gasteiger partial charge in [-0.25, -0.2) is 9.18 Å². The fourth-order valence-electron chi connectivity index (χ4n) is 4.50. The number of rotatable bonds is 8. The number of tetrazole rings is 1. The van der Waals surface area contributed by atoms with Crippen molar-refractivity contribution in [2.75, 3.05) is 36.0 Å². The fourth-order valence-corrected chi connectivity index (χ4v) is 5.22. The van der Waals surface area contributed by atoms with Crippen LogP contribution in [0.5, 0.6) is 0 Å². The normalized spacial score (nSPS) is 18.2. The van der Waals surface area contributed by atoms with E-state index in [0.717, 1.165) is 18.6 Å². The van der Waals surface area contributed by atoms with Gasteiger partial charge in [-0.1, -0.05) is 42.1 Å². The molecule has 0 aliphatic carbocycles. The number of piperidine rings is 1. The molecule has 10 nitrogen and oxygen atoms in total. The monoisotopic (exact) mass is 525 g/mol. The first-order valence-electron chi connectivity index (χ1n) is 12.2. The highest BCUT2D eigenvalue weighted by atomic mass is 32.2. The maximum atomic E-state index is 15.1. The first kappa shape index (κ1) is 25.0. The number of ether oxygens (including phenoxy) is 1. The maximum absolute atomic E-state index is 15.1. The minimum Gasteiger partial charge on any atom is -0.442 e. The van der Waals surface area contributed by atoms with Crippen molar-refractivity contribution in [1.29, 1.82) is 0 Å². The molecule has 2 aliphatic heterocycles. The number of cyclic esters (lactones) is 1. The lowest BCUT2D eigenvalue weighted by Crippen LogP contribution is -2.36. The van der Waals surface area contributed by atoms with Crippen LogP contribution < -0.4 is 15.1 Å². The third kappa shape index (κ3) is 6.01. The number of carbonyl (C=O) groups excluding carboxylic acids is 2. The smallest absolute Gasteiger partial charge is 0.414 e. The van der Waals surface area contributed by atoms with E-state index in [1.54, 1.807) is 28.7 Å². The molecule has 0 spiro atoms. The molecule has 3 heterocycles. The largest absolute Gasteiger partial charge is 0.442 e. The lowest BCUT2D eigenvalue weighted by molar-refractivity contribution is -0.119. The Balaban J connectivity index is 1.15. The first-order valence-corrected chi connectivity index (χ1v) is 13.2. The molecule has 0 radical (unpaired) electrons. The third-order valence-corrected chi connectivity index (χ3v) is 7.35. The number of anilines is 2. The highest BCUT2D eigenvalue weighted by Crippen LogP contribution is 2.31. The summed E-state index contributed by atoms with van der Waals surface area (Å²) in [6.45, 7) is 3.18. The number of thioether (sulfide) groups is 1. The van der Waals surface area contributed by atoms with E-state index in [1.165, 1.54) is 23.5 Å². The molecule has 2 saturated heterocycles. The second kappa shape index (κ2) is 11.2. The van der Waals surface area contributed by atoms with E-state index in [-0.39, 0.29) is 25.0 Å². The average molecular weight is 526 g/mol. The van der Waals surface area contributed by atoms with Gasteiger partial charge in [-0.2, -0.15) is 4.80 Å². The van der Waals surface area contributed by atoms with Gasteiger partial charge in [0.25, 0.3) is 0 Å². The number of aromatic nitrogens is 4. The van der Waals surface area contributed by atoms with Crippen LogP contribution in [0.3, 0.4) is 0 Å². The van der Waals surface area contributed by atoms with Crippen molar-refractivity contribution < 1.29 is 18.7 Å². The van der Waals surface area contributed by atoms with Crippen molar-refractivity contribution in [2.24, 2.45) is 0 Å². The minimum absolute atomic E-state index is 0.108. The van der Waals surface area contributed by atoms with Crippen molar-refractivity contribution in [3.8, 4) is 0 Å². The van der Waals surface area contributed by atoms with E-state index < -0.39 is 18.0 Å². The molecular formula is C25H28FN7O3S.